The van der Waals surface area contributed by atoms with Gasteiger partial charge in [0, 0.05) is 12.5 Å². The largest absolute Gasteiger partial charge is 0.394 e. The van der Waals surface area contributed by atoms with Gasteiger partial charge in [0.1, 0.15) is 66.8 Å². The van der Waals surface area contributed by atoms with E-state index in [2.05, 4.69) is 39.1 Å². The fraction of sp³-hybridized carbons (Fsp3) is 0.956. The van der Waals surface area contributed by atoms with Crippen molar-refractivity contribution in [2.75, 3.05) is 13.2 Å². The first-order chi connectivity index (χ1) is 28.9. The molecule has 0 radical (unpaired) electrons. The summed E-state index contributed by atoms with van der Waals surface area (Å²) in [7, 11) is 0. The van der Waals surface area contributed by atoms with Crippen LogP contribution in [0, 0.1) is 46.3 Å². The molecule has 0 bridgehead atoms. The fourth-order valence-corrected chi connectivity index (χ4v) is 14.2. The van der Waals surface area contributed by atoms with Crippen molar-refractivity contribution in [2.24, 2.45) is 46.3 Å². The molecule has 0 aromatic rings. The highest BCUT2D eigenvalue weighted by Gasteiger charge is 2.68. The van der Waals surface area contributed by atoms with Gasteiger partial charge in [-0.05, 0) is 112 Å². The van der Waals surface area contributed by atoms with Gasteiger partial charge in [-0.15, -0.1) is 0 Å². The smallest absolute Gasteiger partial charge is 0.187 e. The second-order valence-corrected chi connectivity index (χ2v) is 21.2. The van der Waals surface area contributed by atoms with Gasteiger partial charge in [0.2, 0.25) is 0 Å². The molecule has 5 saturated heterocycles. The van der Waals surface area contributed by atoms with Crippen molar-refractivity contribution in [3.8, 4) is 0 Å². The van der Waals surface area contributed by atoms with Crippen LogP contribution in [-0.2, 0) is 33.2 Å². The van der Waals surface area contributed by atoms with E-state index in [1.807, 2.05) is 0 Å². The molecule has 0 aromatic carbocycles. The summed E-state index contributed by atoms with van der Waals surface area (Å²) < 4.78 is 43.7. The number of allylic oxidation sites excluding steroid dienone is 1. The SMILES string of the molecule is C[C@H]1CC[C@@]2(NC1)O[C@H]1C[C@H]3[C@@H]4CC=C5C[C@@H](O[C@@H]6O[C@H](CO)[C@@H](O[C@@H]7O[C@@H](C)[C@H](O)[C@@H](O)[C@H]7O)[C@H](O)[C@H]6O[C@@H]6O[C@@H](C)[C@H](O)[C@@H](O)[C@H]6O)CC[C@]5(C)[C@H]4CC[C@]3(C)[C@H]1[C@@H]2C. The van der Waals surface area contributed by atoms with Gasteiger partial charge in [-0.3, -0.25) is 5.32 Å². The van der Waals surface area contributed by atoms with Gasteiger partial charge in [0.15, 0.2) is 18.9 Å². The Kier molecular flexibility index (Phi) is 12.4. The Morgan fingerprint density at radius 2 is 1.36 bits per heavy atom. The summed E-state index contributed by atoms with van der Waals surface area (Å²) in [5.41, 5.74) is 1.41. The van der Waals surface area contributed by atoms with E-state index in [0.717, 1.165) is 32.2 Å². The van der Waals surface area contributed by atoms with E-state index in [1.165, 1.54) is 38.7 Å². The highest BCUT2D eigenvalue weighted by Crippen LogP contribution is 2.70. The highest BCUT2D eigenvalue weighted by atomic mass is 16.8. The van der Waals surface area contributed by atoms with Crippen molar-refractivity contribution in [1.29, 1.82) is 0 Å². The number of aliphatic hydroxyl groups excluding tert-OH is 8. The van der Waals surface area contributed by atoms with E-state index in [4.69, 9.17) is 33.2 Å². The molecule has 4 aliphatic carbocycles. The van der Waals surface area contributed by atoms with Crippen LogP contribution in [0.3, 0.4) is 0 Å². The first kappa shape index (κ1) is 45.3. The number of ether oxygens (including phenoxy) is 7. The van der Waals surface area contributed by atoms with Crippen molar-refractivity contribution in [2.45, 2.75) is 209 Å². The fourth-order valence-electron chi connectivity index (χ4n) is 14.2. The Bertz CT molecular complexity index is 1600. The Labute approximate surface area is 359 Å². The van der Waals surface area contributed by atoms with E-state index in [1.54, 1.807) is 0 Å². The Morgan fingerprint density at radius 3 is 1.98 bits per heavy atom. The molecule has 0 aromatic heterocycles. The molecule has 3 saturated carbocycles. The zero-order valence-corrected chi connectivity index (χ0v) is 36.6. The first-order valence-electron chi connectivity index (χ1n) is 23.3. The third kappa shape index (κ3) is 7.42. The number of piperidine rings is 1. The molecule has 61 heavy (non-hydrogen) atoms. The predicted molar refractivity (Wildman–Crippen MR) is 215 cm³/mol. The van der Waals surface area contributed by atoms with Gasteiger partial charge < -0.3 is 74.0 Å². The minimum Gasteiger partial charge on any atom is -0.394 e. The lowest BCUT2D eigenvalue weighted by Gasteiger charge is -2.59. The lowest BCUT2D eigenvalue weighted by Crippen LogP contribution is -2.66. The molecular weight excluding hydrogens is 794 g/mol. The maximum Gasteiger partial charge on any atom is 0.187 e. The van der Waals surface area contributed by atoms with Gasteiger partial charge >= 0.3 is 0 Å². The van der Waals surface area contributed by atoms with Crippen LogP contribution in [0.15, 0.2) is 11.6 Å². The maximum atomic E-state index is 12.0. The van der Waals surface area contributed by atoms with Crippen LogP contribution in [-0.4, -0.2) is 164 Å². The van der Waals surface area contributed by atoms with Crippen molar-refractivity contribution >= 4 is 0 Å². The van der Waals surface area contributed by atoms with Crippen molar-refractivity contribution in [3.63, 3.8) is 0 Å². The summed E-state index contributed by atoms with van der Waals surface area (Å²) in [4.78, 5) is 0. The zero-order valence-electron chi connectivity index (χ0n) is 36.6. The number of hydrogen-bond acceptors (Lipinski definition) is 16. The van der Waals surface area contributed by atoms with Crippen molar-refractivity contribution in [1.82, 2.24) is 5.32 Å². The summed E-state index contributed by atoms with van der Waals surface area (Å²) >= 11 is 0. The monoisotopic (exact) mass is 867 g/mol. The molecule has 9 aliphatic rings. The van der Waals surface area contributed by atoms with E-state index >= 15 is 0 Å². The summed E-state index contributed by atoms with van der Waals surface area (Å²) in [5.74, 6) is 3.43. The van der Waals surface area contributed by atoms with Crippen molar-refractivity contribution < 1.29 is 74.0 Å². The summed E-state index contributed by atoms with van der Waals surface area (Å²) in [6.07, 6.45) is -9.93. The predicted octanol–water partition coefficient (Wildman–Crippen LogP) is 0.815. The molecule has 348 valence electrons. The molecule has 16 nitrogen and oxygen atoms in total. The van der Waals surface area contributed by atoms with E-state index in [0.29, 0.717) is 54.5 Å². The van der Waals surface area contributed by atoms with Crippen LogP contribution in [0.25, 0.3) is 0 Å². The first-order valence-corrected chi connectivity index (χ1v) is 23.3. The van der Waals surface area contributed by atoms with Crippen LogP contribution in [0.1, 0.15) is 99.3 Å². The summed E-state index contributed by atoms with van der Waals surface area (Å²) in [6, 6.07) is 0. The molecule has 16 heteroatoms. The van der Waals surface area contributed by atoms with E-state index < -0.39 is 98.7 Å². The second-order valence-electron chi connectivity index (χ2n) is 21.2. The van der Waals surface area contributed by atoms with Crippen LogP contribution >= 0.6 is 0 Å². The van der Waals surface area contributed by atoms with Crippen LogP contribution in [0.2, 0.25) is 0 Å². The molecular formula is C45H73NO15. The molecule has 26 atom stereocenters. The van der Waals surface area contributed by atoms with E-state index in [-0.39, 0.29) is 22.7 Å². The highest BCUT2D eigenvalue weighted by molar-refractivity contribution is 5.26. The standard InChI is InChI=1S/C45H73NO15/c1-19-9-14-45(46-17-19)20(2)30-28(61-45)16-27-25-8-7-23-15-24(10-12-43(23,5)26(25)11-13-44(27,30)6)57-42-39(60-41-36(53)34(51)32(49)22(4)56-41)37(54)38(29(18-47)58-42)59-40-35(52)33(50)31(48)21(3)55-40/h7,19-22,24-42,46-54H,8-18H2,1-6H3/t19-,20-,21-,22-,24-,25+,26-,27-,28-,29+,30-,31-,32-,33+,34+,35+,36+,37-,38+,39+,40-,41-,42+,43-,44-,45+/m0/s1. The average molecular weight is 868 g/mol. The summed E-state index contributed by atoms with van der Waals surface area (Å²) in [5, 5.41) is 89.8. The molecule has 5 aliphatic heterocycles. The molecule has 0 unspecified atom stereocenters. The lowest BCUT2D eigenvalue weighted by molar-refractivity contribution is -0.388. The molecule has 1 spiro atoms. The molecule has 0 amide bonds. The van der Waals surface area contributed by atoms with Gasteiger partial charge in [-0.25, -0.2) is 0 Å². The lowest BCUT2D eigenvalue weighted by atomic mass is 9.47. The minimum absolute atomic E-state index is 0.00472. The Balaban J connectivity index is 0.916. The third-order valence-electron chi connectivity index (χ3n) is 17.9. The van der Waals surface area contributed by atoms with Crippen LogP contribution in [0.5, 0.6) is 0 Å². The molecule has 5 heterocycles. The van der Waals surface area contributed by atoms with Crippen LogP contribution < -0.4 is 5.32 Å². The van der Waals surface area contributed by atoms with Crippen molar-refractivity contribution in [3.05, 3.63) is 11.6 Å². The second kappa shape index (κ2) is 16.8. The maximum absolute atomic E-state index is 12.0. The van der Waals surface area contributed by atoms with Crippen LogP contribution in [0.4, 0.5) is 0 Å². The average Bonchev–Trinajstić information content (AvgIpc) is 3.69. The quantitative estimate of drug-likeness (QED) is 0.161. The topological polar surface area (TPSA) is 238 Å². The normalized spacial score (nSPS) is 58.4. The van der Waals surface area contributed by atoms with Gasteiger partial charge in [-0.2, -0.15) is 0 Å². The van der Waals surface area contributed by atoms with Gasteiger partial charge in [0.25, 0.3) is 0 Å². The summed E-state index contributed by atoms with van der Waals surface area (Å²) in [6.45, 7) is 13.2. The van der Waals surface area contributed by atoms with E-state index in [9.17, 15) is 40.9 Å². The minimum atomic E-state index is -1.70. The zero-order chi connectivity index (χ0) is 43.5. The van der Waals surface area contributed by atoms with Gasteiger partial charge in [0.05, 0.1) is 31.0 Å². The number of aliphatic hydroxyl groups is 8. The number of rotatable bonds is 7. The molecule has 8 fully saturated rings. The van der Waals surface area contributed by atoms with Gasteiger partial charge in [-0.1, -0.05) is 39.3 Å². The number of fused-ring (bicyclic) bond motifs is 7. The number of hydrogen-bond donors (Lipinski definition) is 9. The third-order valence-corrected chi connectivity index (χ3v) is 17.9. The number of nitrogens with one attached hydrogen (secondary N) is 1. The molecule has 9 N–H and O–H groups in total. The Hall–Kier alpha value is -0.900. The molecule has 9 rings (SSSR count). The Morgan fingerprint density at radius 1 is 0.705 bits per heavy atom.